The van der Waals surface area contributed by atoms with Crippen molar-refractivity contribution in [1.29, 1.82) is 0 Å². The number of methoxy groups -OCH3 is 1. The van der Waals surface area contributed by atoms with Gasteiger partial charge in [-0.3, -0.25) is 19.7 Å². The first-order valence-electron chi connectivity index (χ1n) is 10.0. The summed E-state index contributed by atoms with van der Waals surface area (Å²) in [5, 5.41) is 10.9. The lowest BCUT2D eigenvalue weighted by Gasteiger charge is -2.13. The number of carbonyl (C=O) groups is 2. The van der Waals surface area contributed by atoms with Crippen LogP contribution in [0.2, 0.25) is 5.02 Å². The number of amides is 2. The maximum absolute atomic E-state index is 12.9. The van der Waals surface area contributed by atoms with E-state index >= 15 is 0 Å². The smallest absolute Gasteiger partial charge is 0.298 e. The minimum Gasteiger partial charge on any atom is -0.493 e. The van der Waals surface area contributed by atoms with Crippen LogP contribution in [0.15, 0.2) is 70.0 Å². The number of carbonyl (C=O) groups excluding carboxylic acids is 2. The first kappa shape index (κ1) is 24.8. The Morgan fingerprint density at radius 2 is 1.77 bits per heavy atom. The van der Waals surface area contributed by atoms with E-state index in [9.17, 15) is 19.7 Å². The lowest BCUT2D eigenvalue weighted by Crippen LogP contribution is -2.27. The van der Waals surface area contributed by atoms with Crippen LogP contribution < -0.4 is 14.4 Å². The summed E-state index contributed by atoms with van der Waals surface area (Å²) in [7, 11) is 1.49. The largest absolute Gasteiger partial charge is 0.493 e. The number of hydrogen-bond donors (Lipinski definition) is 0. The van der Waals surface area contributed by atoms with E-state index in [1.165, 1.54) is 19.2 Å². The van der Waals surface area contributed by atoms with E-state index in [2.05, 4.69) is 15.9 Å². The summed E-state index contributed by atoms with van der Waals surface area (Å²) in [6.07, 6.45) is 1.60. The summed E-state index contributed by atoms with van der Waals surface area (Å²) >= 11 is 10.2. The summed E-state index contributed by atoms with van der Waals surface area (Å²) in [6.45, 7) is 0.167. The van der Waals surface area contributed by atoms with Crippen molar-refractivity contribution in [1.82, 2.24) is 0 Å². The van der Waals surface area contributed by atoms with Gasteiger partial charge in [-0.05, 0) is 77.5 Å². The highest BCUT2D eigenvalue weighted by molar-refractivity contribution is 9.10. The molecule has 1 saturated heterocycles. The first-order chi connectivity index (χ1) is 16.8. The third-order valence-corrected chi connectivity index (χ3v) is 6.80. The van der Waals surface area contributed by atoms with E-state index in [-0.39, 0.29) is 17.2 Å². The molecule has 0 aromatic heterocycles. The zero-order valence-corrected chi connectivity index (χ0v) is 21.2. The van der Waals surface area contributed by atoms with Gasteiger partial charge >= 0.3 is 0 Å². The average Bonchev–Trinajstić information content (AvgIpc) is 3.12. The Labute approximate surface area is 217 Å². The van der Waals surface area contributed by atoms with Crippen molar-refractivity contribution in [2.45, 2.75) is 6.61 Å². The molecule has 0 atom stereocenters. The molecule has 0 spiro atoms. The van der Waals surface area contributed by atoms with Crippen molar-refractivity contribution in [3.05, 3.63) is 96.3 Å². The minimum absolute atomic E-state index is 0.00101. The van der Waals surface area contributed by atoms with Gasteiger partial charge in [0, 0.05) is 21.6 Å². The molecule has 8 nitrogen and oxygen atoms in total. The summed E-state index contributed by atoms with van der Waals surface area (Å²) < 4.78 is 11.9. The summed E-state index contributed by atoms with van der Waals surface area (Å²) in [4.78, 5) is 37.1. The molecule has 0 bridgehead atoms. The molecule has 1 aliphatic heterocycles. The van der Waals surface area contributed by atoms with Crippen LogP contribution in [0, 0.1) is 10.1 Å². The third-order valence-electron chi connectivity index (χ3n) is 4.99. The fourth-order valence-corrected chi connectivity index (χ4v) is 4.63. The highest BCUT2D eigenvalue weighted by Gasteiger charge is 2.36. The van der Waals surface area contributed by atoms with Gasteiger partial charge in [0.2, 0.25) is 0 Å². The molecule has 3 aromatic carbocycles. The average molecular weight is 576 g/mol. The number of benzene rings is 3. The molecule has 35 heavy (non-hydrogen) atoms. The molecule has 1 aliphatic rings. The monoisotopic (exact) mass is 574 g/mol. The van der Waals surface area contributed by atoms with Crippen molar-refractivity contribution in [3.8, 4) is 11.5 Å². The molecule has 2 amide bonds. The maximum Gasteiger partial charge on any atom is 0.298 e. The number of hydrogen-bond acceptors (Lipinski definition) is 7. The number of nitrogens with zero attached hydrogens (tertiary/aromatic N) is 2. The Balaban J connectivity index is 1.54. The third kappa shape index (κ3) is 5.50. The number of anilines is 1. The molecule has 0 aliphatic carbocycles. The van der Waals surface area contributed by atoms with Crippen LogP contribution in [-0.2, 0) is 11.4 Å². The Bertz CT molecular complexity index is 1350. The van der Waals surface area contributed by atoms with Gasteiger partial charge in [-0.1, -0.05) is 27.5 Å². The molecule has 3 aromatic rings. The second-order valence-electron chi connectivity index (χ2n) is 7.23. The van der Waals surface area contributed by atoms with Gasteiger partial charge in [0.1, 0.15) is 6.61 Å². The van der Waals surface area contributed by atoms with Gasteiger partial charge < -0.3 is 9.47 Å². The fraction of sp³-hybridized carbons (Fsp3) is 0.0833. The van der Waals surface area contributed by atoms with E-state index < -0.39 is 16.1 Å². The standard InChI is InChI=1S/C24H16BrClN2O6S/c1-33-20-10-15(11-22-23(29)27(24(30)35-22)17-8-4-16(26)5-9-17)19(25)12-21(20)34-13-14-2-6-18(7-3-14)28(31)32/h2-12H,13H2,1H3/b22-11+. The molecule has 178 valence electrons. The second kappa shape index (κ2) is 10.5. The SMILES string of the molecule is COc1cc(/C=C2/SC(=O)N(c3ccc(Cl)cc3)C2=O)c(Br)cc1OCc1ccc([N+](=O)[O-])cc1. The van der Waals surface area contributed by atoms with Crippen molar-refractivity contribution >= 4 is 67.9 Å². The van der Waals surface area contributed by atoms with Gasteiger partial charge in [0.15, 0.2) is 11.5 Å². The van der Waals surface area contributed by atoms with Crippen molar-refractivity contribution in [2.75, 3.05) is 12.0 Å². The summed E-state index contributed by atoms with van der Waals surface area (Å²) in [5.74, 6) is 0.411. The molecule has 0 unspecified atom stereocenters. The Hall–Kier alpha value is -3.34. The molecular weight excluding hydrogens is 560 g/mol. The Morgan fingerprint density at radius 3 is 2.40 bits per heavy atom. The van der Waals surface area contributed by atoms with Crippen LogP contribution in [-0.4, -0.2) is 23.2 Å². The van der Waals surface area contributed by atoms with E-state index in [0.717, 1.165) is 22.2 Å². The summed E-state index contributed by atoms with van der Waals surface area (Å²) in [5.41, 5.74) is 1.80. The fourth-order valence-electron chi connectivity index (χ4n) is 3.23. The zero-order chi connectivity index (χ0) is 25.1. The highest BCUT2D eigenvalue weighted by atomic mass is 79.9. The van der Waals surface area contributed by atoms with Gasteiger partial charge in [-0.15, -0.1) is 0 Å². The molecule has 1 fully saturated rings. The predicted molar refractivity (Wildman–Crippen MR) is 138 cm³/mol. The molecule has 11 heteroatoms. The molecule has 0 saturated carbocycles. The van der Waals surface area contributed by atoms with Crippen LogP contribution in [0.5, 0.6) is 11.5 Å². The van der Waals surface area contributed by atoms with Crippen LogP contribution >= 0.6 is 39.3 Å². The number of thioether (sulfide) groups is 1. The number of halogens is 2. The number of non-ortho nitro benzene ring substituents is 1. The van der Waals surface area contributed by atoms with Gasteiger partial charge in [-0.2, -0.15) is 0 Å². The van der Waals surface area contributed by atoms with E-state index in [0.29, 0.717) is 32.2 Å². The quantitative estimate of drug-likeness (QED) is 0.173. The lowest BCUT2D eigenvalue weighted by atomic mass is 10.1. The lowest BCUT2D eigenvalue weighted by molar-refractivity contribution is -0.384. The molecule has 1 heterocycles. The molecule has 0 radical (unpaired) electrons. The Kier molecular flexibility index (Phi) is 7.44. The predicted octanol–water partition coefficient (Wildman–Crippen LogP) is 6.84. The number of rotatable bonds is 7. The zero-order valence-electron chi connectivity index (χ0n) is 18.1. The number of nitro groups is 1. The van der Waals surface area contributed by atoms with Gasteiger partial charge in [0.25, 0.3) is 16.8 Å². The van der Waals surface area contributed by atoms with E-state index in [1.54, 1.807) is 54.6 Å². The van der Waals surface area contributed by atoms with Crippen LogP contribution in [0.3, 0.4) is 0 Å². The van der Waals surface area contributed by atoms with Crippen molar-refractivity contribution in [2.24, 2.45) is 0 Å². The highest BCUT2D eigenvalue weighted by Crippen LogP contribution is 2.39. The minimum atomic E-state index is -0.465. The number of imide groups is 1. The van der Waals surface area contributed by atoms with E-state index in [4.69, 9.17) is 21.1 Å². The molecular formula is C24H16BrClN2O6S. The van der Waals surface area contributed by atoms with Crippen molar-refractivity contribution < 1.29 is 24.0 Å². The topological polar surface area (TPSA) is 99.0 Å². The Morgan fingerprint density at radius 1 is 1.09 bits per heavy atom. The van der Waals surface area contributed by atoms with Crippen LogP contribution in [0.25, 0.3) is 6.08 Å². The normalized spacial score (nSPS) is 14.5. The molecule has 0 N–H and O–H groups in total. The van der Waals surface area contributed by atoms with Gasteiger partial charge in [-0.25, -0.2) is 4.90 Å². The first-order valence-corrected chi connectivity index (χ1v) is 12.0. The number of nitro benzene ring substituents is 1. The maximum atomic E-state index is 12.9. The van der Waals surface area contributed by atoms with Crippen LogP contribution in [0.4, 0.5) is 16.2 Å². The van der Waals surface area contributed by atoms with E-state index in [1.807, 2.05) is 0 Å². The number of ether oxygens (including phenoxy) is 2. The van der Waals surface area contributed by atoms with Gasteiger partial charge in [0.05, 0.1) is 22.6 Å². The van der Waals surface area contributed by atoms with Crippen molar-refractivity contribution in [3.63, 3.8) is 0 Å². The second-order valence-corrected chi connectivity index (χ2v) is 9.51. The summed E-state index contributed by atoms with van der Waals surface area (Å²) in [6, 6.07) is 15.9. The van der Waals surface area contributed by atoms with Crippen LogP contribution in [0.1, 0.15) is 11.1 Å². The molecule has 4 rings (SSSR count).